The van der Waals surface area contributed by atoms with Crippen molar-refractivity contribution in [3.63, 3.8) is 0 Å². The van der Waals surface area contributed by atoms with Crippen LogP contribution in [-0.4, -0.2) is 22.7 Å². The van der Waals surface area contributed by atoms with Gasteiger partial charge in [0.2, 0.25) is 11.0 Å². The Labute approximate surface area is 159 Å². The number of amides is 1. The fraction of sp³-hybridized carbons (Fsp3) is 0.211. The van der Waals surface area contributed by atoms with Crippen LogP contribution in [0.4, 0.5) is 5.13 Å². The molecule has 2 heterocycles. The highest BCUT2D eigenvalue weighted by Crippen LogP contribution is 2.30. The van der Waals surface area contributed by atoms with Gasteiger partial charge in [0.1, 0.15) is 12.4 Å². The minimum absolute atomic E-state index is 0.0738. The van der Waals surface area contributed by atoms with Gasteiger partial charge in [0.05, 0.1) is 5.92 Å². The number of thioether (sulfide) groups is 1. The van der Waals surface area contributed by atoms with Crippen LogP contribution in [-0.2, 0) is 17.0 Å². The van der Waals surface area contributed by atoms with Gasteiger partial charge in [-0.15, -0.1) is 10.2 Å². The molecule has 0 spiro atoms. The van der Waals surface area contributed by atoms with E-state index in [1.54, 1.807) is 11.8 Å². The molecular weight excluding hydrogens is 366 g/mol. The second kappa shape index (κ2) is 7.88. The molecule has 0 radical (unpaired) electrons. The number of fused-ring (bicyclic) bond motifs is 1. The number of hydrogen-bond acceptors (Lipinski definition) is 6. The number of benzene rings is 2. The van der Waals surface area contributed by atoms with Crippen molar-refractivity contribution in [3.8, 4) is 5.75 Å². The molecule has 1 amide bonds. The molecule has 4 rings (SSSR count). The third-order valence-electron chi connectivity index (χ3n) is 4.09. The summed E-state index contributed by atoms with van der Waals surface area (Å²) in [4.78, 5) is 12.5. The number of ether oxygens (including phenoxy) is 1. The van der Waals surface area contributed by atoms with E-state index in [9.17, 15) is 4.79 Å². The third-order valence-corrected chi connectivity index (χ3v) is 6.13. The quantitative estimate of drug-likeness (QED) is 0.532. The molecule has 26 heavy (non-hydrogen) atoms. The van der Waals surface area contributed by atoms with Crippen LogP contribution in [0.25, 0.3) is 0 Å². The molecule has 2 aromatic carbocycles. The Bertz CT molecular complexity index is 899. The maximum absolute atomic E-state index is 12.5. The molecule has 0 fully saturated rings. The standard InChI is InChI=1S/C19H17N3O2S2/c23-17(15-10-14-8-4-5-9-16(14)24-11-15)20-18-21-22-19(26-18)25-12-13-6-2-1-3-7-13/h1-9,15H,10-12H2,(H,20,21,23). The highest BCUT2D eigenvalue weighted by Gasteiger charge is 2.26. The van der Waals surface area contributed by atoms with Gasteiger partial charge < -0.3 is 10.1 Å². The number of nitrogens with zero attached hydrogens (tertiary/aromatic N) is 2. The van der Waals surface area contributed by atoms with Crippen LogP contribution in [0.15, 0.2) is 58.9 Å². The van der Waals surface area contributed by atoms with Crippen molar-refractivity contribution in [3.05, 3.63) is 65.7 Å². The molecule has 7 heteroatoms. The van der Waals surface area contributed by atoms with Crippen LogP contribution in [0.3, 0.4) is 0 Å². The van der Waals surface area contributed by atoms with E-state index >= 15 is 0 Å². The molecule has 0 saturated heterocycles. The van der Waals surface area contributed by atoms with Crippen LogP contribution >= 0.6 is 23.1 Å². The van der Waals surface area contributed by atoms with Crippen molar-refractivity contribution >= 4 is 34.1 Å². The van der Waals surface area contributed by atoms with Gasteiger partial charge in [0.15, 0.2) is 4.34 Å². The van der Waals surface area contributed by atoms with E-state index in [0.717, 1.165) is 21.4 Å². The van der Waals surface area contributed by atoms with Crippen molar-refractivity contribution in [2.75, 3.05) is 11.9 Å². The monoisotopic (exact) mass is 383 g/mol. The molecule has 3 aromatic rings. The zero-order valence-corrected chi connectivity index (χ0v) is 15.6. The smallest absolute Gasteiger partial charge is 0.233 e. The average Bonchev–Trinajstić information content (AvgIpc) is 3.14. The lowest BCUT2D eigenvalue weighted by molar-refractivity contribution is -0.121. The Hall–Kier alpha value is -2.38. The van der Waals surface area contributed by atoms with E-state index in [1.807, 2.05) is 42.5 Å². The Morgan fingerprint density at radius 3 is 2.85 bits per heavy atom. The fourth-order valence-corrected chi connectivity index (χ4v) is 4.45. The third kappa shape index (κ3) is 4.05. The van der Waals surface area contributed by atoms with Crippen LogP contribution in [0.5, 0.6) is 5.75 Å². The lowest BCUT2D eigenvalue weighted by atomic mass is 9.96. The van der Waals surface area contributed by atoms with Gasteiger partial charge in [0, 0.05) is 5.75 Å². The van der Waals surface area contributed by atoms with E-state index < -0.39 is 0 Å². The van der Waals surface area contributed by atoms with Gasteiger partial charge in [-0.2, -0.15) is 0 Å². The summed E-state index contributed by atoms with van der Waals surface area (Å²) in [5, 5.41) is 11.6. The molecule has 0 saturated carbocycles. The van der Waals surface area contributed by atoms with Gasteiger partial charge in [-0.3, -0.25) is 4.79 Å². The highest BCUT2D eigenvalue weighted by molar-refractivity contribution is 8.00. The summed E-state index contributed by atoms with van der Waals surface area (Å²) < 4.78 is 6.53. The first-order valence-electron chi connectivity index (χ1n) is 8.30. The van der Waals surface area contributed by atoms with Crippen molar-refractivity contribution in [2.24, 2.45) is 5.92 Å². The summed E-state index contributed by atoms with van der Waals surface area (Å²) in [6.07, 6.45) is 0.677. The number of para-hydroxylation sites is 1. The zero-order valence-electron chi connectivity index (χ0n) is 13.9. The minimum Gasteiger partial charge on any atom is -0.492 e. The van der Waals surface area contributed by atoms with E-state index in [4.69, 9.17) is 4.74 Å². The number of carbonyl (C=O) groups excluding carboxylic acids is 1. The maximum Gasteiger partial charge on any atom is 0.233 e. The number of nitrogens with one attached hydrogen (secondary N) is 1. The van der Waals surface area contributed by atoms with E-state index in [-0.39, 0.29) is 11.8 Å². The van der Waals surface area contributed by atoms with Gasteiger partial charge >= 0.3 is 0 Å². The molecule has 1 aromatic heterocycles. The molecule has 1 unspecified atom stereocenters. The average molecular weight is 383 g/mol. The lowest BCUT2D eigenvalue weighted by Gasteiger charge is -2.23. The normalized spacial score (nSPS) is 15.8. The number of hydrogen-bond donors (Lipinski definition) is 1. The summed E-state index contributed by atoms with van der Waals surface area (Å²) in [6, 6.07) is 18.0. The minimum atomic E-state index is -0.214. The Kier molecular flexibility index (Phi) is 5.17. The second-order valence-corrected chi connectivity index (χ2v) is 8.16. The second-order valence-electron chi connectivity index (χ2n) is 5.96. The summed E-state index contributed by atoms with van der Waals surface area (Å²) >= 11 is 3.01. The van der Waals surface area contributed by atoms with Gasteiger partial charge in [-0.25, -0.2) is 0 Å². The van der Waals surface area contributed by atoms with Crippen LogP contribution in [0, 0.1) is 5.92 Å². The van der Waals surface area contributed by atoms with E-state index in [2.05, 4.69) is 27.6 Å². The SMILES string of the molecule is O=C(Nc1nnc(SCc2ccccc2)s1)C1COc2ccccc2C1. The highest BCUT2D eigenvalue weighted by atomic mass is 32.2. The van der Waals surface area contributed by atoms with Crippen molar-refractivity contribution in [1.82, 2.24) is 10.2 Å². The fourth-order valence-electron chi connectivity index (χ4n) is 2.74. The number of rotatable bonds is 5. The van der Waals surface area contributed by atoms with Crippen molar-refractivity contribution in [2.45, 2.75) is 16.5 Å². The number of anilines is 1. The predicted octanol–water partition coefficient (Wildman–Crippen LogP) is 4.02. The first-order chi connectivity index (χ1) is 12.8. The van der Waals surface area contributed by atoms with Crippen molar-refractivity contribution in [1.29, 1.82) is 0 Å². The summed E-state index contributed by atoms with van der Waals surface area (Å²) in [7, 11) is 0. The van der Waals surface area contributed by atoms with Gasteiger partial charge in [-0.05, 0) is 23.6 Å². The molecule has 5 nitrogen and oxygen atoms in total. The summed E-state index contributed by atoms with van der Waals surface area (Å²) in [6.45, 7) is 0.386. The molecule has 1 aliphatic heterocycles. The lowest BCUT2D eigenvalue weighted by Crippen LogP contribution is -2.32. The Morgan fingerprint density at radius 1 is 1.15 bits per heavy atom. The number of aromatic nitrogens is 2. The molecular formula is C19H17N3O2S2. The van der Waals surface area contributed by atoms with Crippen LogP contribution in [0.2, 0.25) is 0 Å². The Morgan fingerprint density at radius 2 is 1.96 bits per heavy atom. The molecule has 1 aliphatic rings. The molecule has 1 atom stereocenters. The molecule has 0 bridgehead atoms. The molecule has 1 N–H and O–H groups in total. The predicted molar refractivity (Wildman–Crippen MR) is 104 cm³/mol. The van der Waals surface area contributed by atoms with E-state index in [1.165, 1.54) is 16.9 Å². The summed E-state index contributed by atoms with van der Waals surface area (Å²) in [5.41, 5.74) is 2.30. The maximum atomic E-state index is 12.5. The molecule has 132 valence electrons. The van der Waals surface area contributed by atoms with Crippen LogP contribution < -0.4 is 10.1 Å². The van der Waals surface area contributed by atoms with Crippen molar-refractivity contribution < 1.29 is 9.53 Å². The van der Waals surface area contributed by atoms with E-state index in [0.29, 0.717) is 18.2 Å². The zero-order chi connectivity index (χ0) is 17.8. The Balaban J connectivity index is 1.33. The van der Waals surface area contributed by atoms with Gasteiger partial charge in [0.25, 0.3) is 0 Å². The topological polar surface area (TPSA) is 64.1 Å². The van der Waals surface area contributed by atoms with Crippen LogP contribution in [0.1, 0.15) is 11.1 Å². The van der Waals surface area contributed by atoms with Gasteiger partial charge in [-0.1, -0.05) is 71.6 Å². The first-order valence-corrected chi connectivity index (χ1v) is 10.1. The first kappa shape index (κ1) is 17.1. The number of carbonyl (C=O) groups is 1. The largest absolute Gasteiger partial charge is 0.492 e. The summed E-state index contributed by atoms with van der Waals surface area (Å²) in [5.74, 6) is 1.41. The molecule has 0 aliphatic carbocycles.